The van der Waals surface area contributed by atoms with Gasteiger partial charge in [0.2, 0.25) is 0 Å². The van der Waals surface area contributed by atoms with Crippen molar-refractivity contribution in [2.75, 3.05) is 0 Å². The lowest BCUT2D eigenvalue weighted by molar-refractivity contribution is -0.137. The van der Waals surface area contributed by atoms with Gasteiger partial charge in [0.05, 0.1) is 5.56 Å². The molecule has 0 unspecified atom stereocenters. The molecule has 4 heteroatoms. The molecule has 2 aromatic carbocycles. The van der Waals surface area contributed by atoms with E-state index in [1.807, 2.05) is 0 Å². The van der Waals surface area contributed by atoms with E-state index >= 15 is 0 Å². The Hall–Kier alpha value is -2.36. The summed E-state index contributed by atoms with van der Waals surface area (Å²) >= 11 is 0. The highest BCUT2D eigenvalue weighted by molar-refractivity contribution is 5.57. The van der Waals surface area contributed by atoms with Crippen molar-refractivity contribution < 1.29 is 17.6 Å². The Morgan fingerprint density at radius 2 is 1.10 bits per heavy atom. The molecule has 2 aromatic rings. The van der Waals surface area contributed by atoms with Crippen molar-refractivity contribution >= 4 is 12.2 Å². The average Bonchev–Trinajstić information content (AvgIpc) is 2.45. The standard InChI is InChI=1S/C17H12F4/c18-16-11-7-14(8-12-16)4-2-1-3-13-5-9-15(10-6-13)17(19,20)21/h1-12H. The van der Waals surface area contributed by atoms with Crippen LogP contribution < -0.4 is 0 Å². The van der Waals surface area contributed by atoms with Crippen molar-refractivity contribution in [2.45, 2.75) is 6.18 Å². The average molecular weight is 292 g/mol. The first kappa shape index (κ1) is 15.0. The first-order valence-electron chi connectivity index (χ1n) is 6.23. The number of benzene rings is 2. The second-order valence-corrected chi connectivity index (χ2v) is 4.39. The molecule has 0 spiro atoms. The summed E-state index contributed by atoms with van der Waals surface area (Å²) in [6.07, 6.45) is 2.61. The monoisotopic (exact) mass is 292 g/mol. The topological polar surface area (TPSA) is 0 Å². The smallest absolute Gasteiger partial charge is 0.207 e. The molecule has 0 fully saturated rings. The van der Waals surface area contributed by atoms with Gasteiger partial charge in [-0.15, -0.1) is 0 Å². The predicted octanol–water partition coefficient (Wildman–Crippen LogP) is 5.57. The summed E-state index contributed by atoms with van der Waals surface area (Å²) in [5.41, 5.74) is 0.849. The van der Waals surface area contributed by atoms with Crippen molar-refractivity contribution in [3.05, 3.63) is 83.2 Å². The Balaban J connectivity index is 1.99. The molecular weight excluding hydrogens is 280 g/mol. The Kier molecular flexibility index (Phi) is 4.58. The van der Waals surface area contributed by atoms with E-state index in [2.05, 4.69) is 0 Å². The van der Waals surface area contributed by atoms with Crippen LogP contribution in [0.5, 0.6) is 0 Å². The summed E-state index contributed by atoms with van der Waals surface area (Å²) in [6, 6.07) is 10.9. The Bertz CT molecular complexity index is 632. The Morgan fingerprint density at radius 1 is 0.667 bits per heavy atom. The molecule has 0 amide bonds. The molecule has 0 saturated heterocycles. The predicted molar refractivity (Wildman–Crippen MR) is 75.9 cm³/mol. The van der Waals surface area contributed by atoms with Crippen LogP contribution in [0.25, 0.3) is 12.2 Å². The zero-order valence-electron chi connectivity index (χ0n) is 10.9. The third kappa shape index (κ3) is 4.60. The van der Waals surface area contributed by atoms with Crippen LogP contribution in [0.15, 0.2) is 60.7 Å². The molecule has 0 nitrogen and oxygen atoms in total. The Labute approximate surface area is 120 Å². The summed E-state index contributed by atoms with van der Waals surface area (Å²) in [5, 5.41) is 0. The van der Waals surface area contributed by atoms with E-state index in [1.54, 1.807) is 36.4 Å². The molecule has 0 aromatic heterocycles. The van der Waals surface area contributed by atoms with Gasteiger partial charge in [0, 0.05) is 0 Å². The third-order valence-electron chi connectivity index (χ3n) is 2.80. The van der Waals surface area contributed by atoms with Crippen molar-refractivity contribution in [2.24, 2.45) is 0 Å². The van der Waals surface area contributed by atoms with Gasteiger partial charge in [-0.25, -0.2) is 4.39 Å². The van der Waals surface area contributed by atoms with E-state index in [1.165, 1.54) is 24.3 Å². The van der Waals surface area contributed by atoms with E-state index in [0.717, 1.165) is 17.7 Å². The summed E-state index contributed by atoms with van der Waals surface area (Å²) in [6.45, 7) is 0. The van der Waals surface area contributed by atoms with Gasteiger partial charge in [0.1, 0.15) is 5.82 Å². The zero-order chi connectivity index (χ0) is 15.3. The second kappa shape index (κ2) is 6.39. The summed E-state index contributed by atoms with van der Waals surface area (Å²) < 4.78 is 49.9. The number of hydrogen-bond donors (Lipinski definition) is 0. The number of hydrogen-bond acceptors (Lipinski definition) is 0. The third-order valence-corrected chi connectivity index (χ3v) is 2.80. The van der Waals surface area contributed by atoms with Crippen LogP contribution in [-0.2, 0) is 6.18 Å². The van der Waals surface area contributed by atoms with Crippen molar-refractivity contribution in [1.29, 1.82) is 0 Å². The van der Waals surface area contributed by atoms with E-state index in [0.29, 0.717) is 5.56 Å². The molecule has 108 valence electrons. The lowest BCUT2D eigenvalue weighted by Gasteiger charge is -2.05. The van der Waals surface area contributed by atoms with Crippen LogP contribution in [0.4, 0.5) is 17.6 Å². The van der Waals surface area contributed by atoms with Gasteiger partial charge >= 0.3 is 6.18 Å². The summed E-state index contributed by atoms with van der Waals surface area (Å²) in [7, 11) is 0. The van der Waals surface area contributed by atoms with Gasteiger partial charge in [-0.05, 0) is 35.4 Å². The first-order chi connectivity index (χ1) is 9.95. The molecule has 0 aliphatic heterocycles. The van der Waals surface area contributed by atoms with Crippen molar-refractivity contribution in [3.63, 3.8) is 0 Å². The number of alkyl halides is 3. The highest BCUT2D eigenvalue weighted by Crippen LogP contribution is 2.29. The second-order valence-electron chi connectivity index (χ2n) is 4.39. The maximum Gasteiger partial charge on any atom is 0.416 e. The minimum atomic E-state index is -4.31. The zero-order valence-corrected chi connectivity index (χ0v) is 10.9. The van der Waals surface area contributed by atoms with Crippen molar-refractivity contribution in [3.8, 4) is 0 Å². The fraction of sp³-hybridized carbons (Fsp3) is 0.0588. The molecule has 0 saturated carbocycles. The van der Waals surface area contributed by atoms with Gasteiger partial charge in [0.15, 0.2) is 0 Å². The Morgan fingerprint density at radius 3 is 1.52 bits per heavy atom. The maximum atomic E-state index is 12.7. The highest BCUT2D eigenvalue weighted by atomic mass is 19.4. The van der Waals surface area contributed by atoms with Gasteiger partial charge in [-0.1, -0.05) is 48.6 Å². The van der Waals surface area contributed by atoms with E-state index in [4.69, 9.17) is 0 Å². The van der Waals surface area contributed by atoms with Gasteiger partial charge in [0.25, 0.3) is 0 Å². The first-order valence-corrected chi connectivity index (χ1v) is 6.23. The fourth-order valence-corrected chi connectivity index (χ4v) is 1.69. The van der Waals surface area contributed by atoms with E-state index in [9.17, 15) is 17.6 Å². The highest BCUT2D eigenvalue weighted by Gasteiger charge is 2.29. The molecule has 21 heavy (non-hydrogen) atoms. The van der Waals surface area contributed by atoms with Crippen LogP contribution in [0, 0.1) is 5.82 Å². The molecule has 0 heterocycles. The van der Waals surface area contributed by atoms with Gasteiger partial charge in [-0.3, -0.25) is 0 Å². The lowest BCUT2D eigenvalue weighted by atomic mass is 10.1. The number of halogens is 4. The van der Waals surface area contributed by atoms with Gasteiger partial charge < -0.3 is 0 Å². The van der Waals surface area contributed by atoms with Crippen LogP contribution in [0.1, 0.15) is 16.7 Å². The maximum absolute atomic E-state index is 12.7. The number of allylic oxidation sites excluding steroid dienone is 2. The SMILES string of the molecule is Fc1ccc(C=CC=Cc2ccc(C(F)(F)F)cc2)cc1. The van der Waals surface area contributed by atoms with Crippen LogP contribution >= 0.6 is 0 Å². The fourth-order valence-electron chi connectivity index (χ4n) is 1.69. The summed E-state index contributed by atoms with van der Waals surface area (Å²) in [5.74, 6) is -0.299. The molecule has 0 N–H and O–H groups in total. The largest absolute Gasteiger partial charge is 0.416 e. The lowest BCUT2D eigenvalue weighted by Crippen LogP contribution is -2.03. The van der Waals surface area contributed by atoms with Crippen LogP contribution in [0.2, 0.25) is 0 Å². The molecular formula is C17H12F4. The minimum absolute atomic E-state index is 0.299. The molecule has 0 aliphatic rings. The molecule has 0 bridgehead atoms. The molecule has 2 rings (SSSR count). The van der Waals surface area contributed by atoms with Gasteiger partial charge in [-0.2, -0.15) is 13.2 Å². The normalized spacial score (nSPS) is 12.4. The summed E-state index contributed by atoms with van der Waals surface area (Å²) in [4.78, 5) is 0. The van der Waals surface area contributed by atoms with Crippen molar-refractivity contribution in [1.82, 2.24) is 0 Å². The van der Waals surface area contributed by atoms with E-state index in [-0.39, 0.29) is 5.82 Å². The molecule has 0 radical (unpaired) electrons. The molecule has 0 atom stereocenters. The number of rotatable bonds is 3. The van der Waals surface area contributed by atoms with Crippen LogP contribution in [-0.4, -0.2) is 0 Å². The molecule has 0 aliphatic carbocycles. The van der Waals surface area contributed by atoms with E-state index < -0.39 is 11.7 Å². The quantitative estimate of drug-likeness (QED) is 0.512. The minimum Gasteiger partial charge on any atom is -0.207 e. The van der Waals surface area contributed by atoms with Crippen LogP contribution in [0.3, 0.4) is 0 Å².